The van der Waals surface area contributed by atoms with Crippen LogP contribution in [0.3, 0.4) is 0 Å². The Hall–Kier alpha value is -1.83. The number of alkyl halides is 1. The van der Waals surface area contributed by atoms with Gasteiger partial charge < -0.3 is 4.74 Å². The molecule has 0 spiro atoms. The molecule has 0 fully saturated rings. The number of rotatable bonds is 7. The second kappa shape index (κ2) is 7.68. The van der Waals surface area contributed by atoms with E-state index in [2.05, 4.69) is 0 Å². The van der Waals surface area contributed by atoms with Crippen molar-refractivity contribution in [3.8, 4) is 5.75 Å². The molecular weight excluding hydrogens is 251 g/mol. The first-order chi connectivity index (χ1) is 9.78. The lowest BCUT2D eigenvalue weighted by atomic mass is 10.0. The van der Waals surface area contributed by atoms with Crippen molar-refractivity contribution in [2.45, 2.75) is 31.9 Å². The van der Waals surface area contributed by atoms with Gasteiger partial charge in [0.15, 0.2) is 0 Å². The van der Waals surface area contributed by atoms with Gasteiger partial charge in [0.2, 0.25) is 0 Å². The Labute approximate surface area is 120 Å². The summed E-state index contributed by atoms with van der Waals surface area (Å²) >= 11 is 0. The van der Waals surface area contributed by atoms with E-state index in [1.165, 1.54) is 5.56 Å². The highest BCUT2D eigenvalue weighted by Gasteiger charge is 2.07. The quantitative estimate of drug-likeness (QED) is 0.716. The van der Waals surface area contributed by atoms with Crippen LogP contribution in [0.2, 0.25) is 0 Å². The van der Waals surface area contributed by atoms with E-state index < -0.39 is 6.17 Å². The molecule has 2 aromatic carbocycles. The molecule has 0 saturated carbocycles. The standard InChI is InChI=1S/C18H21FO/c1-20-18-12-10-15(11-13-18)8-5-9-17(19)14-16-6-3-2-4-7-16/h2-4,6-7,10-13,17H,5,8-9,14H2,1H3/t17-/m0/s1. The molecule has 0 unspecified atom stereocenters. The Morgan fingerprint density at radius 2 is 1.65 bits per heavy atom. The van der Waals surface area contributed by atoms with Gasteiger partial charge in [-0.3, -0.25) is 0 Å². The Morgan fingerprint density at radius 1 is 0.950 bits per heavy atom. The van der Waals surface area contributed by atoms with Crippen LogP contribution >= 0.6 is 0 Å². The summed E-state index contributed by atoms with van der Waals surface area (Å²) < 4.78 is 19.0. The fraction of sp³-hybridized carbons (Fsp3) is 0.333. The minimum atomic E-state index is -0.754. The summed E-state index contributed by atoms with van der Waals surface area (Å²) in [6.45, 7) is 0. The smallest absolute Gasteiger partial charge is 0.118 e. The van der Waals surface area contributed by atoms with Crippen molar-refractivity contribution in [1.29, 1.82) is 0 Å². The van der Waals surface area contributed by atoms with Crippen molar-refractivity contribution in [3.63, 3.8) is 0 Å². The van der Waals surface area contributed by atoms with Crippen molar-refractivity contribution in [2.75, 3.05) is 7.11 Å². The molecule has 2 aromatic rings. The summed E-state index contributed by atoms with van der Waals surface area (Å²) in [6.07, 6.45) is 2.17. The number of hydrogen-bond donors (Lipinski definition) is 0. The fourth-order valence-electron chi connectivity index (χ4n) is 2.29. The van der Waals surface area contributed by atoms with E-state index in [0.29, 0.717) is 12.8 Å². The summed E-state index contributed by atoms with van der Waals surface area (Å²) in [4.78, 5) is 0. The highest BCUT2D eigenvalue weighted by Crippen LogP contribution is 2.16. The molecule has 0 aromatic heterocycles. The largest absolute Gasteiger partial charge is 0.497 e. The molecule has 0 heterocycles. The van der Waals surface area contributed by atoms with Crippen LogP contribution in [-0.4, -0.2) is 13.3 Å². The zero-order valence-electron chi connectivity index (χ0n) is 11.9. The molecule has 2 heteroatoms. The van der Waals surface area contributed by atoms with Gasteiger partial charge in [-0.25, -0.2) is 4.39 Å². The second-order valence-corrected chi connectivity index (χ2v) is 5.03. The molecule has 0 amide bonds. The van der Waals surface area contributed by atoms with Crippen LogP contribution in [-0.2, 0) is 12.8 Å². The van der Waals surface area contributed by atoms with Gasteiger partial charge in [-0.05, 0) is 42.5 Å². The van der Waals surface area contributed by atoms with Crippen LogP contribution in [0.4, 0.5) is 4.39 Å². The van der Waals surface area contributed by atoms with Gasteiger partial charge in [-0.1, -0.05) is 42.5 Å². The SMILES string of the molecule is COc1ccc(CCC[C@H](F)Cc2ccccc2)cc1. The first-order valence-electron chi connectivity index (χ1n) is 7.09. The second-order valence-electron chi connectivity index (χ2n) is 5.03. The molecule has 0 aliphatic heterocycles. The predicted octanol–water partition coefficient (Wildman–Crippen LogP) is 4.60. The van der Waals surface area contributed by atoms with Crippen LogP contribution in [0.15, 0.2) is 54.6 Å². The van der Waals surface area contributed by atoms with Gasteiger partial charge >= 0.3 is 0 Å². The van der Waals surface area contributed by atoms with Gasteiger partial charge in [0.25, 0.3) is 0 Å². The van der Waals surface area contributed by atoms with E-state index in [0.717, 1.165) is 24.2 Å². The molecule has 0 aliphatic carbocycles. The number of aryl methyl sites for hydroxylation is 1. The first-order valence-corrected chi connectivity index (χ1v) is 7.09. The number of benzene rings is 2. The van der Waals surface area contributed by atoms with E-state index >= 15 is 0 Å². The molecule has 0 aliphatic rings. The molecular formula is C18H21FO. The third-order valence-corrected chi connectivity index (χ3v) is 3.44. The third-order valence-electron chi connectivity index (χ3n) is 3.44. The van der Waals surface area contributed by atoms with Crippen molar-refractivity contribution in [1.82, 2.24) is 0 Å². The molecule has 0 saturated heterocycles. The van der Waals surface area contributed by atoms with E-state index in [9.17, 15) is 4.39 Å². The monoisotopic (exact) mass is 272 g/mol. The third kappa shape index (κ3) is 4.69. The van der Waals surface area contributed by atoms with Crippen LogP contribution in [0, 0.1) is 0 Å². The highest BCUT2D eigenvalue weighted by atomic mass is 19.1. The average Bonchev–Trinajstić information content (AvgIpc) is 2.49. The molecule has 20 heavy (non-hydrogen) atoms. The van der Waals surface area contributed by atoms with E-state index in [-0.39, 0.29) is 0 Å². The zero-order valence-corrected chi connectivity index (χ0v) is 11.9. The van der Waals surface area contributed by atoms with Crippen LogP contribution < -0.4 is 4.74 Å². The minimum Gasteiger partial charge on any atom is -0.497 e. The van der Waals surface area contributed by atoms with E-state index in [4.69, 9.17) is 4.74 Å². The number of halogens is 1. The van der Waals surface area contributed by atoms with Crippen LogP contribution in [0.25, 0.3) is 0 Å². The normalized spacial score (nSPS) is 12.1. The van der Waals surface area contributed by atoms with Gasteiger partial charge in [0.1, 0.15) is 11.9 Å². The molecule has 0 N–H and O–H groups in total. The zero-order chi connectivity index (χ0) is 14.2. The molecule has 0 bridgehead atoms. The summed E-state index contributed by atoms with van der Waals surface area (Å²) in [5.74, 6) is 0.862. The molecule has 1 nitrogen and oxygen atoms in total. The van der Waals surface area contributed by atoms with Crippen LogP contribution in [0.1, 0.15) is 24.0 Å². The maximum atomic E-state index is 13.9. The minimum absolute atomic E-state index is 0.517. The highest BCUT2D eigenvalue weighted by molar-refractivity contribution is 5.27. The lowest BCUT2D eigenvalue weighted by Gasteiger charge is -2.08. The Morgan fingerprint density at radius 3 is 2.30 bits per heavy atom. The van der Waals surface area contributed by atoms with Gasteiger partial charge in [-0.15, -0.1) is 0 Å². The summed E-state index contributed by atoms with van der Waals surface area (Å²) in [5.41, 5.74) is 2.31. The molecule has 2 rings (SSSR count). The van der Waals surface area contributed by atoms with Crippen molar-refractivity contribution in [3.05, 3.63) is 65.7 Å². The molecule has 0 radical (unpaired) electrons. The average molecular weight is 272 g/mol. The van der Waals surface area contributed by atoms with Gasteiger partial charge in [0, 0.05) is 6.42 Å². The first kappa shape index (κ1) is 14.6. The molecule has 1 atom stereocenters. The summed E-state index contributed by atoms with van der Waals surface area (Å²) in [7, 11) is 1.66. The van der Waals surface area contributed by atoms with Gasteiger partial charge in [0.05, 0.1) is 7.11 Å². The number of hydrogen-bond acceptors (Lipinski definition) is 1. The summed E-state index contributed by atoms with van der Waals surface area (Å²) in [5, 5.41) is 0. The Kier molecular flexibility index (Phi) is 5.60. The lowest BCUT2D eigenvalue weighted by Crippen LogP contribution is -2.05. The van der Waals surface area contributed by atoms with Gasteiger partial charge in [-0.2, -0.15) is 0 Å². The lowest BCUT2D eigenvalue weighted by molar-refractivity contribution is 0.306. The Balaban J connectivity index is 1.72. The number of methoxy groups -OCH3 is 1. The predicted molar refractivity (Wildman–Crippen MR) is 81.0 cm³/mol. The summed E-state index contributed by atoms with van der Waals surface area (Å²) in [6, 6.07) is 17.8. The molecule has 106 valence electrons. The van der Waals surface area contributed by atoms with Crippen molar-refractivity contribution < 1.29 is 9.13 Å². The van der Waals surface area contributed by atoms with Crippen LogP contribution in [0.5, 0.6) is 5.75 Å². The topological polar surface area (TPSA) is 9.23 Å². The van der Waals surface area contributed by atoms with E-state index in [1.807, 2.05) is 54.6 Å². The van der Waals surface area contributed by atoms with E-state index in [1.54, 1.807) is 7.11 Å². The van der Waals surface area contributed by atoms with Crippen molar-refractivity contribution >= 4 is 0 Å². The Bertz CT molecular complexity index is 493. The maximum Gasteiger partial charge on any atom is 0.118 e. The van der Waals surface area contributed by atoms with Crippen molar-refractivity contribution in [2.24, 2.45) is 0 Å². The maximum absolute atomic E-state index is 13.9. The number of ether oxygens (including phenoxy) is 1. The fourth-order valence-corrected chi connectivity index (χ4v) is 2.29.